The highest BCUT2D eigenvalue weighted by Gasteiger charge is 2.11. The van der Waals surface area contributed by atoms with Crippen LogP contribution in [0.15, 0.2) is 60.7 Å². The molecule has 2 rings (SSSR count). The Morgan fingerprint density at radius 2 is 1.04 bits per heavy atom. The fourth-order valence-corrected chi connectivity index (χ4v) is 2.91. The quantitative estimate of drug-likeness (QED) is 0.624. The van der Waals surface area contributed by atoms with Crippen molar-refractivity contribution >= 4 is 10.4 Å². The van der Waals surface area contributed by atoms with Crippen LogP contribution in [-0.2, 0) is 31.6 Å². The van der Waals surface area contributed by atoms with Crippen LogP contribution in [0.2, 0.25) is 0 Å². The summed E-state index contributed by atoms with van der Waals surface area (Å²) in [7, 11) is -3.89. The van der Waals surface area contributed by atoms with Crippen molar-refractivity contribution in [2.24, 2.45) is 0 Å². The van der Waals surface area contributed by atoms with Gasteiger partial charge in [0.15, 0.2) is 0 Å². The fraction of sp³-hybridized carbons (Fsp3) is 0.333. The first-order valence-corrected chi connectivity index (χ1v) is 9.11. The van der Waals surface area contributed by atoms with E-state index in [9.17, 15) is 8.42 Å². The van der Waals surface area contributed by atoms with Gasteiger partial charge in [-0.05, 0) is 36.8 Å². The Labute approximate surface area is 138 Å². The number of hydrogen-bond donors (Lipinski definition) is 0. The molecule has 0 saturated heterocycles. The molecule has 4 nitrogen and oxygen atoms in total. The van der Waals surface area contributed by atoms with Crippen molar-refractivity contribution in [2.75, 3.05) is 13.2 Å². The smallest absolute Gasteiger partial charge is 0.248 e. The normalized spacial score (nSPS) is 11.5. The summed E-state index contributed by atoms with van der Waals surface area (Å²) in [5.74, 6) is 0. The molecule has 0 fully saturated rings. The van der Waals surface area contributed by atoms with Gasteiger partial charge in [0.05, 0.1) is 13.2 Å². The molecule has 2 aromatic carbocycles. The van der Waals surface area contributed by atoms with E-state index in [0.717, 1.165) is 24.0 Å². The summed E-state index contributed by atoms with van der Waals surface area (Å²) < 4.78 is 32.9. The summed E-state index contributed by atoms with van der Waals surface area (Å²) in [6, 6.07) is 19.8. The van der Waals surface area contributed by atoms with Gasteiger partial charge in [-0.2, -0.15) is 8.42 Å². The molecule has 0 unspecified atom stereocenters. The lowest BCUT2D eigenvalue weighted by Gasteiger charge is -2.06. The van der Waals surface area contributed by atoms with Gasteiger partial charge >= 0.3 is 10.4 Å². The zero-order valence-electron chi connectivity index (χ0n) is 13.1. The SMILES string of the molecule is O=S(=O)(OCCCc1ccccc1)OCCCc1ccccc1. The van der Waals surface area contributed by atoms with Crippen LogP contribution in [0.5, 0.6) is 0 Å². The Hall–Kier alpha value is -1.69. The Kier molecular flexibility index (Phi) is 7.26. The van der Waals surface area contributed by atoms with Crippen LogP contribution in [-0.4, -0.2) is 21.6 Å². The van der Waals surface area contributed by atoms with E-state index in [-0.39, 0.29) is 13.2 Å². The monoisotopic (exact) mass is 334 g/mol. The molecular formula is C18H22O4S. The molecular weight excluding hydrogens is 312 g/mol. The maximum atomic E-state index is 11.6. The predicted molar refractivity (Wildman–Crippen MR) is 90.3 cm³/mol. The van der Waals surface area contributed by atoms with Crippen LogP contribution in [0.1, 0.15) is 24.0 Å². The van der Waals surface area contributed by atoms with E-state index in [1.54, 1.807) is 0 Å². The van der Waals surface area contributed by atoms with Crippen LogP contribution in [0.25, 0.3) is 0 Å². The highest BCUT2D eigenvalue weighted by molar-refractivity contribution is 7.81. The minimum Gasteiger partial charge on any atom is -0.248 e. The molecule has 0 heterocycles. The number of rotatable bonds is 10. The molecule has 124 valence electrons. The van der Waals surface area contributed by atoms with Crippen LogP contribution >= 0.6 is 0 Å². The standard InChI is InChI=1S/C18H22O4S/c19-23(20,21-15-7-13-17-9-3-1-4-10-17)22-16-8-14-18-11-5-2-6-12-18/h1-6,9-12H,7-8,13-16H2. The van der Waals surface area contributed by atoms with Gasteiger partial charge in [0.1, 0.15) is 0 Å². The van der Waals surface area contributed by atoms with Crippen molar-refractivity contribution in [3.05, 3.63) is 71.8 Å². The minimum absolute atomic E-state index is 0.135. The molecule has 0 N–H and O–H groups in total. The lowest BCUT2D eigenvalue weighted by Crippen LogP contribution is -2.12. The Bertz CT molecular complexity index is 600. The van der Waals surface area contributed by atoms with Crippen molar-refractivity contribution < 1.29 is 16.8 Å². The molecule has 0 saturated carbocycles. The maximum Gasteiger partial charge on any atom is 0.399 e. The van der Waals surface area contributed by atoms with Gasteiger partial charge in [0.2, 0.25) is 0 Å². The molecule has 2 aromatic rings. The number of benzene rings is 2. The van der Waals surface area contributed by atoms with Gasteiger partial charge in [-0.15, -0.1) is 0 Å². The van der Waals surface area contributed by atoms with E-state index in [2.05, 4.69) is 0 Å². The largest absolute Gasteiger partial charge is 0.399 e. The van der Waals surface area contributed by atoms with Crippen molar-refractivity contribution in [1.82, 2.24) is 0 Å². The minimum atomic E-state index is -3.89. The van der Waals surface area contributed by atoms with E-state index < -0.39 is 10.4 Å². The second-order valence-corrected chi connectivity index (χ2v) is 6.52. The first-order valence-electron chi connectivity index (χ1n) is 7.77. The van der Waals surface area contributed by atoms with Gasteiger partial charge < -0.3 is 0 Å². The molecule has 5 heteroatoms. The van der Waals surface area contributed by atoms with Crippen molar-refractivity contribution in [2.45, 2.75) is 25.7 Å². The molecule has 0 aliphatic rings. The summed E-state index contributed by atoms with van der Waals surface area (Å²) in [5.41, 5.74) is 2.33. The zero-order chi connectivity index (χ0) is 16.4. The fourth-order valence-electron chi connectivity index (χ4n) is 2.20. The molecule has 0 aromatic heterocycles. The lowest BCUT2D eigenvalue weighted by molar-refractivity contribution is 0.211. The first-order chi connectivity index (χ1) is 11.2. The molecule has 0 radical (unpaired) electrons. The third kappa shape index (κ3) is 7.41. The first kappa shape index (κ1) is 17.7. The second-order valence-electron chi connectivity index (χ2n) is 5.23. The van der Waals surface area contributed by atoms with Crippen molar-refractivity contribution in [1.29, 1.82) is 0 Å². The average Bonchev–Trinajstić information content (AvgIpc) is 2.58. The molecule has 0 aliphatic heterocycles. The predicted octanol–water partition coefficient (Wildman–Crippen LogP) is 3.53. The maximum absolute atomic E-state index is 11.6. The summed E-state index contributed by atoms with van der Waals surface area (Å²) in [5, 5.41) is 0. The molecule has 23 heavy (non-hydrogen) atoms. The molecule has 0 spiro atoms. The van der Waals surface area contributed by atoms with Gasteiger partial charge in [-0.1, -0.05) is 60.7 Å². The third-order valence-electron chi connectivity index (χ3n) is 3.36. The van der Waals surface area contributed by atoms with Crippen molar-refractivity contribution in [3.63, 3.8) is 0 Å². The lowest BCUT2D eigenvalue weighted by atomic mass is 10.1. The summed E-state index contributed by atoms with van der Waals surface area (Å²) in [6.07, 6.45) is 2.84. The van der Waals surface area contributed by atoms with Gasteiger partial charge in [-0.3, -0.25) is 0 Å². The third-order valence-corrected chi connectivity index (χ3v) is 4.27. The molecule has 0 atom stereocenters. The zero-order valence-corrected chi connectivity index (χ0v) is 13.9. The van der Waals surface area contributed by atoms with Crippen molar-refractivity contribution in [3.8, 4) is 0 Å². The van der Waals surface area contributed by atoms with Crippen LogP contribution in [0.4, 0.5) is 0 Å². The summed E-state index contributed by atoms with van der Waals surface area (Å²) >= 11 is 0. The Morgan fingerprint density at radius 1 is 0.652 bits per heavy atom. The molecule has 0 bridgehead atoms. The van der Waals surface area contributed by atoms with Gasteiger partial charge in [-0.25, -0.2) is 8.37 Å². The van der Waals surface area contributed by atoms with E-state index >= 15 is 0 Å². The highest BCUT2D eigenvalue weighted by Crippen LogP contribution is 2.06. The van der Waals surface area contributed by atoms with E-state index in [0.29, 0.717) is 12.8 Å². The highest BCUT2D eigenvalue weighted by atomic mass is 32.3. The van der Waals surface area contributed by atoms with Crippen LogP contribution in [0, 0.1) is 0 Å². The van der Waals surface area contributed by atoms with Gasteiger partial charge in [0, 0.05) is 0 Å². The van der Waals surface area contributed by atoms with E-state index in [1.807, 2.05) is 60.7 Å². The summed E-state index contributed by atoms with van der Waals surface area (Å²) in [4.78, 5) is 0. The Balaban J connectivity index is 1.59. The van der Waals surface area contributed by atoms with E-state index in [4.69, 9.17) is 8.37 Å². The molecule has 0 amide bonds. The Morgan fingerprint density at radius 3 is 1.43 bits per heavy atom. The van der Waals surface area contributed by atoms with Crippen LogP contribution < -0.4 is 0 Å². The number of aryl methyl sites for hydroxylation is 2. The van der Waals surface area contributed by atoms with E-state index in [1.165, 1.54) is 0 Å². The van der Waals surface area contributed by atoms with Gasteiger partial charge in [0.25, 0.3) is 0 Å². The second kappa shape index (κ2) is 9.45. The molecule has 0 aliphatic carbocycles. The summed E-state index contributed by atoms with van der Waals surface area (Å²) in [6.45, 7) is 0.270. The number of hydrogen-bond acceptors (Lipinski definition) is 4. The van der Waals surface area contributed by atoms with Crippen LogP contribution in [0.3, 0.4) is 0 Å². The topological polar surface area (TPSA) is 52.6 Å². The average molecular weight is 334 g/mol.